The second-order valence-electron chi connectivity index (χ2n) is 6.68. The first-order valence-corrected chi connectivity index (χ1v) is 8.95. The number of amides is 1. The minimum absolute atomic E-state index is 0.130. The minimum Gasteiger partial charge on any atom is -0.493 e. The monoisotopic (exact) mass is 360 g/mol. The van der Waals surface area contributed by atoms with Crippen molar-refractivity contribution in [1.82, 2.24) is 19.4 Å². The Hall–Kier alpha value is -2.64. The third-order valence-electron chi connectivity index (χ3n) is 4.79. The minimum atomic E-state index is -0.567. The molecule has 1 amide bonds. The van der Waals surface area contributed by atoms with Crippen LogP contribution >= 0.6 is 0 Å². The lowest BCUT2D eigenvalue weighted by Gasteiger charge is -2.15. The topological polar surface area (TPSA) is 95.2 Å². The van der Waals surface area contributed by atoms with Crippen LogP contribution in [0.25, 0.3) is 11.0 Å². The highest BCUT2D eigenvalue weighted by Gasteiger charge is 2.21. The van der Waals surface area contributed by atoms with E-state index in [9.17, 15) is 14.4 Å². The molecule has 2 aromatic rings. The van der Waals surface area contributed by atoms with Gasteiger partial charge in [0, 0.05) is 24.8 Å². The largest absolute Gasteiger partial charge is 0.493 e. The Morgan fingerprint density at radius 2 is 2.04 bits per heavy atom. The zero-order chi connectivity index (χ0) is 18.8. The number of pyridine rings is 1. The summed E-state index contributed by atoms with van der Waals surface area (Å²) in [4.78, 5) is 42.1. The zero-order valence-corrected chi connectivity index (χ0v) is 15.4. The van der Waals surface area contributed by atoms with Crippen LogP contribution in [0.4, 0.5) is 0 Å². The van der Waals surface area contributed by atoms with Gasteiger partial charge in [-0.2, -0.15) is 0 Å². The maximum absolute atomic E-state index is 13.0. The molecule has 0 atom stereocenters. The van der Waals surface area contributed by atoms with Gasteiger partial charge in [-0.05, 0) is 26.7 Å². The molecule has 0 aliphatic heterocycles. The van der Waals surface area contributed by atoms with Crippen molar-refractivity contribution in [3.8, 4) is 5.75 Å². The van der Waals surface area contributed by atoms with E-state index < -0.39 is 11.2 Å². The van der Waals surface area contributed by atoms with Gasteiger partial charge in [-0.3, -0.25) is 14.2 Å². The second kappa shape index (κ2) is 7.31. The Bertz CT molecular complexity index is 954. The number of carbonyl (C=O) groups is 1. The third kappa shape index (κ3) is 3.23. The van der Waals surface area contributed by atoms with Crippen LogP contribution in [0.3, 0.4) is 0 Å². The van der Waals surface area contributed by atoms with Crippen molar-refractivity contribution in [1.29, 1.82) is 0 Å². The van der Waals surface area contributed by atoms with Gasteiger partial charge in [0.15, 0.2) is 5.65 Å². The fraction of sp³-hybridized carbons (Fsp3) is 0.556. The number of fused-ring (bicyclic) bond motifs is 1. The first-order chi connectivity index (χ1) is 12.4. The quantitative estimate of drug-likeness (QED) is 0.853. The fourth-order valence-electron chi connectivity index (χ4n) is 3.48. The Labute approximate surface area is 150 Å². The molecule has 0 saturated heterocycles. The van der Waals surface area contributed by atoms with Crippen molar-refractivity contribution < 1.29 is 9.53 Å². The molecular formula is C18H24N4O4. The molecular weight excluding hydrogens is 336 g/mol. The van der Waals surface area contributed by atoms with Gasteiger partial charge in [0.25, 0.3) is 5.56 Å². The van der Waals surface area contributed by atoms with Crippen LogP contribution in [-0.4, -0.2) is 32.7 Å². The van der Waals surface area contributed by atoms with E-state index in [4.69, 9.17) is 4.74 Å². The van der Waals surface area contributed by atoms with Crippen LogP contribution in [0.1, 0.15) is 38.2 Å². The third-order valence-corrected chi connectivity index (χ3v) is 4.79. The lowest BCUT2D eigenvalue weighted by molar-refractivity contribution is -0.122. The fourth-order valence-corrected chi connectivity index (χ4v) is 3.48. The van der Waals surface area contributed by atoms with E-state index in [-0.39, 0.29) is 29.5 Å². The first kappa shape index (κ1) is 18.2. The Kier molecular flexibility index (Phi) is 5.11. The molecule has 8 nitrogen and oxygen atoms in total. The van der Waals surface area contributed by atoms with Crippen molar-refractivity contribution in [2.75, 3.05) is 6.61 Å². The van der Waals surface area contributed by atoms with Crippen LogP contribution in [0.5, 0.6) is 5.75 Å². The van der Waals surface area contributed by atoms with Gasteiger partial charge in [-0.25, -0.2) is 14.3 Å². The highest BCUT2D eigenvalue weighted by molar-refractivity contribution is 5.83. The Balaban J connectivity index is 2.07. The van der Waals surface area contributed by atoms with Gasteiger partial charge < -0.3 is 10.1 Å². The predicted octanol–water partition coefficient (Wildman–Crippen LogP) is 0.861. The normalized spacial score (nSPS) is 14.7. The number of carbonyl (C=O) groups excluding carboxylic acids is 1. The first-order valence-electron chi connectivity index (χ1n) is 8.95. The highest BCUT2D eigenvalue weighted by atomic mass is 16.5. The number of hydrogen-bond donors (Lipinski definition) is 1. The molecule has 1 N–H and O–H groups in total. The smallest absolute Gasteiger partial charge is 0.332 e. The number of rotatable bonds is 5. The number of hydrogen-bond acceptors (Lipinski definition) is 5. The van der Waals surface area contributed by atoms with E-state index in [0.717, 1.165) is 30.3 Å². The van der Waals surface area contributed by atoms with Gasteiger partial charge >= 0.3 is 5.69 Å². The summed E-state index contributed by atoms with van der Waals surface area (Å²) < 4.78 is 7.86. The highest BCUT2D eigenvalue weighted by Crippen LogP contribution is 2.24. The summed E-state index contributed by atoms with van der Waals surface area (Å²) in [6.45, 7) is 3.68. The summed E-state index contributed by atoms with van der Waals surface area (Å²) in [7, 11) is 1.54. The molecule has 0 bridgehead atoms. The van der Waals surface area contributed by atoms with E-state index in [2.05, 4.69) is 10.3 Å². The standard InChI is InChI=1S/C18H24N4O4/c1-4-26-15-11(2)9-19-16-14(15)17(24)22(18(25)21(16)3)10-13(23)20-12-7-5-6-8-12/h9,12H,4-8,10H2,1-3H3,(H,20,23). The van der Waals surface area contributed by atoms with E-state index in [1.54, 1.807) is 13.1 Å². The molecule has 0 unspecified atom stereocenters. The molecule has 1 saturated carbocycles. The summed E-state index contributed by atoms with van der Waals surface area (Å²) in [5, 5.41) is 3.13. The number of aryl methyl sites for hydroxylation is 2. The molecule has 3 rings (SSSR count). The van der Waals surface area contributed by atoms with Gasteiger partial charge in [0.2, 0.25) is 5.91 Å². The molecule has 1 aliphatic rings. The average molecular weight is 360 g/mol. The summed E-state index contributed by atoms with van der Waals surface area (Å²) in [5.74, 6) is 0.0806. The van der Waals surface area contributed by atoms with Crippen LogP contribution in [-0.2, 0) is 18.4 Å². The SMILES string of the molecule is CCOc1c(C)cnc2c1c(=O)n(CC(=O)NC1CCCC1)c(=O)n2C. The summed E-state index contributed by atoms with van der Waals surface area (Å²) >= 11 is 0. The zero-order valence-electron chi connectivity index (χ0n) is 15.4. The van der Waals surface area contributed by atoms with Crippen molar-refractivity contribution in [3.63, 3.8) is 0 Å². The van der Waals surface area contributed by atoms with Crippen LogP contribution in [0.15, 0.2) is 15.8 Å². The molecule has 0 radical (unpaired) electrons. The van der Waals surface area contributed by atoms with Crippen molar-refractivity contribution in [2.24, 2.45) is 7.05 Å². The number of ether oxygens (including phenoxy) is 1. The molecule has 0 aromatic carbocycles. The Morgan fingerprint density at radius 1 is 1.35 bits per heavy atom. The average Bonchev–Trinajstić information content (AvgIpc) is 3.11. The maximum Gasteiger partial charge on any atom is 0.332 e. The molecule has 140 valence electrons. The van der Waals surface area contributed by atoms with Crippen molar-refractivity contribution in [3.05, 3.63) is 32.6 Å². The van der Waals surface area contributed by atoms with E-state index >= 15 is 0 Å². The molecule has 2 heterocycles. The maximum atomic E-state index is 13.0. The van der Waals surface area contributed by atoms with Crippen molar-refractivity contribution >= 4 is 16.9 Å². The number of nitrogens with zero attached hydrogens (tertiary/aromatic N) is 3. The van der Waals surface area contributed by atoms with E-state index in [1.165, 1.54) is 11.6 Å². The van der Waals surface area contributed by atoms with Crippen molar-refractivity contribution in [2.45, 2.75) is 52.1 Å². The van der Waals surface area contributed by atoms with Gasteiger partial charge in [0.1, 0.15) is 17.7 Å². The molecule has 2 aromatic heterocycles. The van der Waals surface area contributed by atoms with Gasteiger partial charge in [0.05, 0.1) is 6.61 Å². The molecule has 0 spiro atoms. The van der Waals surface area contributed by atoms with Crippen LogP contribution < -0.4 is 21.3 Å². The second-order valence-corrected chi connectivity index (χ2v) is 6.68. The van der Waals surface area contributed by atoms with Crippen LogP contribution in [0.2, 0.25) is 0 Å². The van der Waals surface area contributed by atoms with Gasteiger partial charge in [-0.15, -0.1) is 0 Å². The van der Waals surface area contributed by atoms with Gasteiger partial charge in [-0.1, -0.05) is 12.8 Å². The summed E-state index contributed by atoms with van der Waals surface area (Å²) in [6.07, 6.45) is 5.63. The number of aromatic nitrogens is 3. The lowest BCUT2D eigenvalue weighted by Crippen LogP contribution is -2.45. The lowest BCUT2D eigenvalue weighted by atomic mass is 10.2. The molecule has 26 heavy (non-hydrogen) atoms. The Morgan fingerprint density at radius 3 is 2.69 bits per heavy atom. The summed E-state index contributed by atoms with van der Waals surface area (Å²) in [6, 6.07) is 0.130. The van der Waals surface area contributed by atoms with E-state index in [1.807, 2.05) is 6.92 Å². The number of nitrogens with one attached hydrogen (secondary N) is 1. The van der Waals surface area contributed by atoms with E-state index in [0.29, 0.717) is 17.9 Å². The predicted molar refractivity (Wildman–Crippen MR) is 97.5 cm³/mol. The molecule has 1 fully saturated rings. The summed E-state index contributed by atoms with van der Waals surface area (Å²) in [5.41, 5.74) is -0.161. The van der Waals surface area contributed by atoms with Crippen LogP contribution in [0, 0.1) is 6.92 Å². The molecule has 1 aliphatic carbocycles. The molecule has 8 heteroatoms.